The van der Waals surface area contributed by atoms with Gasteiger partial charge in [-0.2, -0.15) is 13.2 Å². The van der Waals surface area contributed by atoms with Gasteiger partial charge in [0, 0.05) is 6.54 Å². The zero-order valence-electron chi connectivity index (χ0n) is 11.0. The van der Waals surface area contributed by atoms with Crippen LogP contribution >= 0.6 is 0 Å². The molecule has 0 bridgehead atoms. The number of nitrogens with two attached hydrogens (primary N) is 1. The van der Waals surface area contributed by atoms with E-state index in [0.717, 1.165) is 6.07 Å². The number of hydrogen-bond acceptors (Lipinski definition) is 2. The molecule has 2 nitrogen and oxygen atoms in total. The first-order chi connectivity index (χ1) is 9.91. The third-order valence-electron chi connectivity index (χ3n) is 2.84. The van der Waals surface area contributed by atoms with Gasteiger partial charge in [0.15, 0.2) is 0 Å². The molecular weight excluding hydrogens is 286 g/mol. The molecule has 0 heterocycles. The highest BCUT2D eigenvalue weighted by molar-refractivity contribution is 5.66. The highest BCUT2D eigenvalue weighted by Gasteiger charge is 2.34. The van der Waals surface area contributed by atoms with Crippen LogP contribution in [0.15, 0.2) is 42.5 Å². The quantitative estimate of drug-likeness (QED) is 0.870. The van der Waals surface area contributed by atoms with Crippen LogP contribution in [0.1, 0.15) is 5.56 Å². The third kappa shape index (κ3) is 3.72. The molecule has 2 aromatic carbocycles. The lowest BCUT2D eigenvalue weighted by molar-refractivity contribution is -0.138. The molecule has 112 valence electrons. The summed E-state index contributed by atoms with van der Waals surface area (Å²) in [5, 5.41) is 0. The van der Waals surface area contributed by atoms with Crippen LogP contribution in [0.2, 0.25) is 0 Å². The Morgan fingerprint density at radius 3 is 2.14 bits per heavy atom. The van der Waals surface area contributed by atoms with Gasteiger partial charge in [0.2, 0.25) is 0 Å². The highest BCUT2D eigenvalue weighted by atomic mass is 19.4. The summed E-state index contributed by atoms with van der Waals surface area (Å²) >= 11 is 0. The minimum Gasteiger partial charge on any atom is -0.492 e. The highest BCUT2D eigenvalue weighted by Crippen LogP contribution is 2.38. The fraction of sp³-hybridized carbons (Fsp3) is 0.200. The maximum Gasteiger partial charge on any atom is 0.419 e. The van der Waals surface area contributed by atoms with Crippen molar-refractivity contribution in [1.82, 2.24) is 0 Å². The molecule has 0 saturated heterocycles. The van der Waals surface area contributed by atoms with Gasteiger partial charge < -0.3 is 10.5 Å². The zero-order chi connectivity index (χ0) is 15.5. The molecular formula is C15H13F4NO. The van der Waals surface area contributed by atoms with Crippen molar-refractivity contribution in [3.8, 4) is 16.9 Å². The Labute approximate surface area is 119 Å². The van der Waals surface area contributed by atoms with Gasteiger partial charge in [0.25, 0.3) is 0 Å². The molecule has 0 aromatic heterocycles. The summed E-state index contributed by atoms with van der Waals surface area (Å²) in [7, 11) is 0. The van der Waals surface area contributed by atoms with Crippen molar-refractivity contribution in [2.45, 2.75) is 6.18 Å². The fourth-order valence-corrected chi connectivity index (χ4v) is 1.87. The van der Waals surface area contributed by atoms with Crippen LogP contribution in [0, 0.1) is 5.82 Å². The van der Waals surface area contributed by atoms with Gasteiger partial charge in [-0.1, -0.05) is 18.2 Å². The number of benzene rings is 2. The smallest absolute Gasteiger partial charge is 0.419 e. The van der Waals surface area contributed by atoms with Crippen LogP contribution in [-0.4, -0.2) is 13.2 Å². The van der Waals surface area contributed by atoms with E-state index in [1.54, 1.807) is 0 Å². The lowest BCUT2D eigenvalue weighted by Gasteiger charge is -2.15. The number of hydrogen-bond donors (Lipinski definition) is 1. The van der Waals surface area contributed by atoms with Crippen molar-refractivity contribution in [3.05, 3.63) is 53.8 Å². The first-order valence-corrected chi connectivity index (χ1v) is 6.22. The van der Waals surface area contributed by atoms with E-state index in [1.165, 1.54) is 36.4 Å². The molecule has 0 saturated carbocycles. The molecule has 0 spiro atoms. The molecule has 2 aromatic rings. The van der Waals surface area contributed by atoms with Crippen molar-refractivity contribution in [3.63, 3.8) is 0 Å². The topological polar surface area (TPSA) is 35.2 Å². The number of rotatable bonds is 4. The maximum absolute atomic E-state index is 13.1. The van der Waals surface area contributed by atoms with Crippen LogP contribution in [0.25, 0.3) is 11.1 Å². The SMILES string of the molecule is NCCOc1ccc(-c2ccc(F)cc2)cc1C(F)(F)F. The third-order valence-corrected chi connectivity index (χ3v) is 2.84. The monoisotopic (exact) mass is 299 g/mol. The summed E-state index contributed by atoms with van der Waals surface area (Å²) in [6.45, 7) is 0.121. The normalized spacial score (nSPS) is 11.5. The van der Waals surface area contributed by atoms with Crippen LogP contribution < -0.4 is 10.5 Å². The minimum atomic E-state index is -4.54. The fourth-order valence-electron chi connectivity index (χ4n) is 1.87. The Hall–Kier alpha value is -2.08. The Kier molecular flexibility index (Phi) is 4.47. The Morgan fingerprint density at radius 2 is 1.57 bits per heavy atom. The van der Waals surface area contributed by atoms with Gasteiger partial charge >= 0.3 is 6.18 Å². The average molecular weight is 299 g/mol. The van der Waals surface area contributed by atoms with Gasteiger partial charge in [-0.15, -0.1) is 0 Å². The van der Waals surface area contributed by atoms with Crippen LogP contribution in [0.3, 0.4) is 0 Å². The van der Waals surface area contributed by atoms with E-state index in [-0.39, 0.29) is 18.9 Å². The summed E-state index contributed by atoms with van der Waals surface area (Å²) in [6, 6.07) is 8.96. The average Bonchev–Trinajstić information content (AvgIpc) is 2.45. The molecule has 0 aliphatic carbocycles. The molecule has 0 unspecified atom stereocenters. The summed E-state index contributed by atoms with van der Waals surface area (Å²) < 4.78 is 57.1. The molecule has 21 heavy (non-hydrogen) atoms. The largest absolute Gasteiger partial charge is 0.492 e. The van der Waals surface area contributed by atoms with Gasteiger partial charge in [-0.05, 0) is 35.4 Å². The predicted octanol–water partition coefficient (Wildman–Crippen LogP) is 3.85. The van der Waals surface area contributed by atoms with Gasteiger partial charge in [-0.25, -0.2) is 4.39 Å². The second-order valence-corrected chi connectivity index (χ2v) is 4.35. The Bertz CT molecular complexity index is 608. The van der Waals surface area contributed by atoms with Gasteiger partial charge in [0.05, 0.1) is 5.56 Å². The number of ether oxygens (including phenoxy) is 1. The van der Waals surface area contributed by atoms with E-state index in [1.807, 2.05) is 0 Å². The molecule has 0 fully saturated rings. The molecule has 2 N–H and O–H groups in total. The van der Waals surface area contributed by atoms with Crippen LogP contribution in [0.4, 0.5) is 17.6 Å². The summed E-state index contributed by atoms with van der Waals surface area (Å²) in [4.78, 5) is 0. The maximum atomic E-state index is 13.1. The molecule has 0 atom stereocenters. The first kappa shape index (κ1) is 15.3. The molecule has 0 aliphatic heterocycles. The Balaban J connectivity index is 2.43. The summed E-state index contributed by atoms with van der Waals surface area (Å²) in [5.74, 6) is -0.712. The Morgan fingerprint density at radius 1 is 0.952 bits per heavy atom. The van der Waals surface area contributed by atoms with E-state index in [2.05, 4.69) is 0 Å². The molecule has 2 rings (SSSR count). The second-order valence-electron chi connectivity index (χ2n) is 4.35. The standard InChI is InChI=1S/C15H13F4NO/c16-12-4-1-10(2-5-12)11-3-6-14(21-8-7-20)13(9-11)15(17,18)19/h1-6,9H,7-8,20H2. The number of alkyl halides is 3. The van der Waals surface area contributed by atoms with Crippen LogP contribution in [-0.2, 0) is 6.18 Å². The van der Waals surface area contributed by atoms with Gasteiger partial charge in [-0.3, -0.25) is 0 Å². The molecule has 6 heteroatoms. The number of halogens is 4. The molecule has 0 radical (unpaired) electrons. The van der Waals surface area contributed by atoms with E-state index in [9.17, 15) is 17.6 Å². The van der Waals surface area contributed by atoms with E-state index in [4.69, 9.17) is 10.5 Å². The van der Waals surface area contributed by atoms with Crippen molar-refractivity contribution in [1.29, 1.82) is 0 Å². The van der Waals surface area contributed by atoms with Crippen LogP contribution in [0.5, 0.6) is 5.75 Å². The lowest BCUT2D eigenvalue weighted by Crippen LogP contribution is -2.14. The summed E-state index contributed by atoms with van der Waals surface area (Å²) in [5.41, 5.74) is 5.18. The van der Waals surface area contributed by atoms with Crippen molar-refractivity contribution in [2.75, 3.05) is 13.2 Å². The van der Waals surface area contributed by atoms with Gasteiger partial charge in [0.1, 0.15) is 18.2 Å². The van der Waals surface area contributed by atoms with Crippen molar-refractivity contribution >= 4 is 0 Å². The second kappa shape index (κ2) is 6.13. The van der Waals surface area contributed by atoms with E-state index in [0.29, 0.717) is 11.1 Å². The lowest BCUT2D eigenvalue weighted by atomic mass is 10.0. The first-order valence-electron chi connectivity index (χ1n) is 6.22. The van der Waals surface area contributed by atoms with Crippen molar-refractivity contribution < 1.29 is 22.3 Å². The minimum absolute atomic E-state index is 0.00102. The van der Waals surface area contributed by atoms with E-state index >= 15 is 0 Å². The predicted molar refractivity (Wildman–Crippen MR) is 71.4 cm³/mol. The molecule has 0 aliphatic rings. The van der Waals surface area contributed by atoms with Crippen molar-refractivity contribution in [2.24, 2.45) is 5.73 Å². The van der Waals surface area contributed by atoms with E-state index < -0.39 is 17.6 Å². The summed E-state index contributed by atoms with van der Waals surface area (Å²) in [6.07, 6.45) is -4.54. The molecule has 0 amide bonds. The zero-order valence-corrected chi connectivity index (χ0v) is 11.0.